The van der Waals surface area contributed by atoms with E-state index in [1.54, 1.807) is 11.3 Å². The second-order valence-electron chi connectivity index (χ2n) is 13.0. The number of thiophene rings is 1. The Hall–Kier alpha value is -6.42. The Labute approximate surface area is 300 Å². The molecule has 0 fully saturated rings. The molecule has 0 aliphatic rings. The Morgan fingerprint density at radius 2 is 0.902 bits per heavy atom. The first kappa shape index (κ1) is 29.5. The van der Waals surface area contributed by atoms with Crippen molar-refractivity contribution in [2.45, 2.75) is 0 Å². The van der Waals surface area contributed by atoms with Gasteiger partial charge in [-0.3, -0.25) is 0 Å². The molecule has 10 aromatic rings. The summed E-state index contributed by atoms with van der Waals surface area (Å²) in [6, 6.07) is 65.1. The molecule has 10 rings (SSSR count). The lowest BCUT2D eigenvalue weighted by Gasteiger charge is -2.13. The van der Waals surface area contributed by atoms with E-state index >= 15 is 0 Å². The molecule has 0 amide bonds. The molecule has 0 unspecified atom stereocenters. The minimum absolute atomic E-state index is 0.727. The van der Waals surface area contributed by atoms with Crippen molar-refractivity contribution in [2.75, 3.05) is 0 Å². The fourth-order valence-corrected chi connectivity index (χ4v) is 8.54. The van der Waals surface area contributed by atoms with Crippen LogP contribution in [0.4, 0.5) is 0 Å². The van der Waals surface area contributed by atoms with E-state index in [1.807, 2.05) is 0 Å². The zero-order valence-corrected chi connectivity index (χ0v) is 28.4. The number of hydrogen-bond acceptors (Lipinski definition) is 3. The topological polar surface area (TPSA) is 25.8 Å². The van der Waals surface area contributed by atoms with E-state index in [-0.39, 0.29) is 0 Å². The molecule has 0 spiro atoms. The predicted octanol–water partition coefficient (Wildman–Crippen LogP) is 13.5. The number of aromatic nitrogens is 2. The summed E-state index contributed by atoms with van der Waals surface area (Å²) < 4.78 is 2.32. The zero-order valence-electron chi connectivity index (χ0n) is 27.6. The number of fused-ring (bicyclic) bond motifs is 6. The maximum Gasteiger partial charge on any atom is 0.160 e. The number of nitrogens with zero attached hydrogens (tertiary/aromatic N) is 2. The number of benzene rings is 8. The van der Waals surface area contributed by atoms with Crippen LogP contribution in [0, 0.1) is 0 Å². The standard InChI is InChI=1S/C48H30N2S/c1-2-13-31(14-3-1)32-16-11-20-37(28-32)45-47-46(42-25-8-9-26-44(42)51-47)50-48(49-45)38-21-12-18-34(29-38)33-17-10-19-35(27-33)43-30-36-15-4-5-22-39(36)40-23-6-7-24-41(40)43/h1-30H. The van der Waals surface area contributed by atoms with E-state index < -0.39 is 0 Å². The first-order valence-corrected chi connectivity index (χ1v) is 18.1. The minimum atomic E-state index is 0.727. The van der Waals surface area contributed by atoms with Crippen LogP contribution in [0.1, 0.15) is 0 Å². The molecule has 0 atom stereocenters. The van der Waals surface area contributed by atoms with E-state index in [0.29, 0.717) is 0 Å². The summed E-state index contributed by atoms with van der Waals surface area (Å²) in [6.45, 7) is 0. The van der Waals surface area contributed by atoms with Crippen molar-refractivity contribution in [3.05, 3.63) is 182 Å². The quantitative estimate of drug-likeness (QED) is 0.171. The highest BCUT2D eigenvalue weighted by Crippen LogP contribution is 2.41. The van der Waals surface area contributed by atoms with Gasteiger partial charge < -0.3 is 0 Å². The second kappa shape index (κ2) is 12.2. The van der Waals surface area contributed by atoms with Crippen molar-refractivity contribution < 1.29 is 0 Å². The Bertz CT molecular complexity index is 2920. The summed E-state index contributed by atoms with van der Waals surface area (Å²) in [7, 11) is 0. The van der Waals surface area contributed by atoms with E-state index in [9.17, 15) is 0 Å². The fraction of sp³-hybridized carbons (Fsp3) is 0. The third-order valence-corrected chi connectivity index (χ3v) is 11.0. The maximum absolute atomic E-state index is 5.33. The van der Waals surface area contributed by atoms with E-state index in [1.165, 1.54) is 48.5 Å². The van der Waals surface area contributed by atoms with Gasteiger partial charge in [0.15, 0.2) is 5.82 Å². The molecule has 51 heavy (non-hydrogen) atoms. The molecule has 0 saturated heterocycles. The summed E-state index contributed by atoms with van der Waals surface area (Å²) in [6.07, 6.45) is 0. The highest BCUT2D eigenvalue weighted by Gasteiger charge is 2.18. The van der Waals surface area contributed by atoms with Gasteiger partial charge in [0.2, 0.25) is 0 Å². The van der Waals surface area contributed by atoms with E-state index in [2.05, 4.69) is 182 Å². The van der Waals surface area contributed by atoms with Gasteiger partial charge in [-0.05, 0) is 85.3 Å². The van der Waals surface area contributed by atoms with Crippen molar-refractivity contribution in [2.24, 2.45) is 0 Å². The van der Waals surface area contributed by atoms with Gasteiger partial charge in [0.1, 0.15) is 0 Å². The van der Waals surface area contributed by atoms with Crippen molar-refractivity contribution in [1.82, 2.24) is 9.97 Å². The molecule has 0 aliphatic carbocycles. The molecule has 0 radical (unpaired) electrons. The van der Waals surface area contributed by atoms with E-state index in [4.69, 9.17) is 9.97 Å². The van der Waals surface area contributed by atoms with Crippen LogP contribution in [-0.2, 0) is 0 Å². The van der Waals surface area contributed by atoms with Crippen LogP contribution in [0.5, 0.6) is 0 Å². The average Bonchev–Trinajstić information content (AvgIpc) is 3.59. The molecule has 0 saturated carbocycles. The lowest BCUT2D eigenvalue weighted by molar-refractivity contribution is 1.24. The highest BCUT2D eigenvalue weighted by molar-refractivity contribution is 7.26. The molecule has 0 N–H and O–H groups in total. The smallest absolute Gasteiger partial charge is 0.160 e. The first-order valence-electron chi connectivity index (χ1n) is 17.2. The van der Waals surface area contributed by atoms with Gasteiger partial charge >= 0.3 is 0 Å². The first-order chi connectivity index (χ1) is 25.3. The largest absolute Gasteiger partial charge is 0.226 e. The van der Waals surface area contributed by atoms with Crippen LogP contribution in [0.15, 0.2) is 182 Å². The molecule has 2 nitrogen and oxygen atoms in total. The fourth-order valence-electron chi connectivity index (χ4n) is 7.39. The van der Waals surface area contributed by atoms with Gasteiger partial charge in [-0.25, -0.2) is 9.97 Å². The molecule has 0 aliphatic heterocycles. The summed E-state index contributed by atoms with van der Waals surface area (Å²) >= 11 is 1.76. The monoisotopic (exact) mass is 666 g/mol. The molecule has 8 aromatic carbocycles. The second-order valence-corrected chi connectivity index (χ2v) is 14.0. The number of hydrogen-bond donors (Lipinski definition) is 0. The van der Waals surface area contributed by atoms with Crippen LogP contribution in [-0.4, -0.2) is 9.97 Å². The summed E-state index contributed by atoms with van der Waals surface area (Å²) in [5.74, 6) is 0.727. The Balaban J connectivity index is 1.11. The normalized spacial score (nSPS) is 11.5. The van der Waals surface area contributed by atoms with Gasteiger partial charge in [-0.2, -0.15) is 0 Å². The van der Waals surface area contributed by atoms with Crippen molar-refractivity contribution in [3.63, 3.8) is 0 Å². The van der Waals surface area contributed by atoms with Crippen LogP contribution in [0.25, 0.3) is 97.9 Å². The third-order valence-electron chi connectivity index (χ3n) is 9.86. The lowest BCUT2D eigenvalue weighted by Crippen LogP contribution is -1.94. The molecule has 2 aromatic heterocycles. The number of rotatable bonds is 5. The molecule has 238 valence electrons. The molecule has 0 bridgehead atoms. The van der Waals surface area contributed by atoms with Gasteiger partial charge in [0, 0.05) is 21.2 Å². The molecule has 2 heterocycles. The van der Waals surface area contributed by atoms with Crippen molar-refractivity contribution in [3.8, 4) is 56.0 Å². The predicted molar refractivity (Wildman–Crippen MR) is 217 cm³/mol. The minimum Gasteiger partial charge on any atom is -0.226 e. The van der Waals surface area contributed by atoms with Crippen molar-refractivity contribution >= 4 is 53.2 Å². The molecular formula is C48H30N2S. The van der Waals surface area contributed by atoms with E-state index in [0.717, 1.165) is 49.4 Å². The molecular weight excluding hydrogens is 637 g/mol. The lowest BCUT2D eigenvalue weighted by atomic mass is 9.91. The Morgan fingerprint density at radius 3 is 1.71 bits per heavy atom. The van der Waals surface area contributed by atoms with Gasteiger partial charge in [-0.15, -0.1) is 11.3 Å². The average molecular weight is 667 g/mol. The van der Waals surface area contributed by atoms with Crippen LogP contribution >= 0.6 is 11.3 Å². The van der Waals surface area contributed by atoms with Gasteiger partial charge in [0.25, 0.3) is 0 Å². The third kappa shape index (κ3) is 5.18. The summed E-state index contributed by atoms with van der Waals surface area (Å²) in [5.41, 5.74) is 11.1. The highest BCUT2D eigenvalue weighted by atomic mass is 32.1. The van der Waals surface area contributed by atoms with Crippen LogP contribution in [0.2, 0.25) is 0 Å². The van der Waals surface area contributed by atoms with Crippen LogP contribution < -0.4 is 0 Å². The Morgan fingerprint density at radius 1 is 0.353 bits per heavy atom. The van der Waals surface area contributed by atoms with Gasteiger partial charge in [-0.1, -0.05) is 152 Å². The molecule has 3 heteroatoms. The van der Waals surface area contributed by atoms with Crippen LogP contribution in [0.3, 0.4) is 0 Å². The SMILES string of the molecule is c1ccc(-c2cccc(-c3nc(-c4cccc(-c5cccc(-c6cc7ccccc7c7ccccc67)c5)c4)nc4c3sc3ccccc34)c2)cc1. The van der Waals surface area contributed by atoms with Gasteiger partial charge in [0.05, 0.1) is 15.9 Å². The summed E-state index contributed by atoms with van der Waals surface area (Å²) in [5, 5.41) is 6.22. The maximum atomic E-state index is 5.33. The Kier molecular flexibility index (Phi) is 7.04. The zero-order chi connectivity index (χ0) is 33.7. The van der Waals surface area contributed by atoms with Crippen molar-refractivity contribution in [1.29, 1.82) is 0 Å². The summed E-state index contributed by atoms with van der Waals surface area (Å²) in [4.78, 5) is 10.6.